The van der Waals surface area contributed by atoms with Crippen LogP contribution in [0.5, 0.6) is 0 Å². The second-order valence-electron chi connectivity index (χ2n) is 2.64. The van der Waals surface area contributed by atoms with Crippen molar-refractivity contribution in [2.45, 2.75) is 13.8 Å². The zero-order valence-electron chi connectivity index (χ0n) is 7.11. The molecular formula is C5H11BF3KO. The van der Waals surface area contributed by atoms with Crippen molar-refractivity contribution >= 4 is 6.98 Å². The molecule has 0 amide bonds. The molecule has 0 heterocycles. The summed E-state index contributed by atoms with van der Waals surface area (Å²) in [4.78, 5) is 0. The molecule has 11 heavy (non-hydrogen) atoms. The fraction of sp³-hybridized carbons (Fsp3) is 1.00. The molecule has 0 saturated heterocycles. The monoisotopic (exact) mass is 194 g/mol. The summed E-state index contributed by atoms with van der Waals surface area (Å²) in [6.45, 7) is -2.02. The Labute approximate surface area is 108 Å². The van der Waals surface area contributed by atoms with Crippen molar-refractivity contribution in [1.29, 1.82) is 0 Å². The molecule has 62 valence electrons. The average molecular weight is 194 g/mol. The van der Waals surface area contributed by atoms with Gasteiger partial charge in [-0.3, -0.25) is 0 Å². The van der Waals surface area contributed by atoms with Crippen LogP contribution in [-0.4, -0.2) is 20.1 Å². The summed E-state index contributed by atoms with van der Waals surface area (Å²) in [7, 11) is 0. The molecule has 0 unspecified atom stereocenters. The van der Waals surface area contributed by atoms with Crippen LogP contribution in [0.2, 0.25) is 0 Å². The van der Waals surface area contributed by atoms with E-state index in [4.69, 9.17) is 0 Å². The molecule has 0 rings (SSSR count). The van der Waals surface area contributed by atoms with E-state index in [1.807, 2.05) is 13.8 Å². The molecule has 0 spiro atoms. The maximum atomic E-state index is 11.4. The summed E-state index contributed by atoms with van der Waals surface area (Å²) in [5.74, 6) is 0.165. The number of rotatable bonds is 4. The Morgan fingerprint density at radius 3 is 2.00 bits per heavy atom. The zero-order valence-corrected chi connectivity index (χ0v) is 10.2. The molecule has 0 saturated carbocycles. The van der Waals surface area contributed by atoms with Crippen LogP contribution < -0.4 is 51.4 Å². The predicted octanol–water partition coefficient (Wildman–Crippen LogP) is -0.950. The molecule has 0 bridgehead atoms. The van der Waals surface area contributed by atoms with Crippen molar-refractivity contribution < 1.29 is 69.1 Å². The van der Waals surface area contributed by atoms with Gasteiger partial charge >= 0.3 is 58.4 Å². The summed E-state index contributed by atoms with van der Waals surface area (Å²) >= 11 is 0. The third kappa shape index (κ3) is 14.3. The Kier molecular flexibility index (Phi) is 9.39. The van der Waals surface area contributed by atoms with E-state index in [0.717, 1.165) is 0 Å². The van der Waals surface area contributed by atoms with Gasteiger partial charge in [0, 0.05) is 13.1 Å². The van der Waals surface area contributed by atoms with E-state index >= 15 is 0 Å². The average Bonchev–Trinajstić information content (AvgIpc) is 1.59. The first-order valence-corrected chi connectivity index (χ1v) is 3.20. The third-order valence-electron chi connectivity index (χ3n) is 0.758. The first-order chi connectivity index (χ1) is 4.42. The Hall–Kier alpha value is 1.45. The van der Waals surface area contributed by atoms with Crippen molar-refractivity contribution in [3.05, 3.63) is 0 Å². The molecule has 0 aromatic carbocycles. The molecule has 1 nitrogen and oxygen atoms in total. The summed E-state index contributed by atoms with van der Waals surface area (Å²) in [6.07, 6.45) is 0. The van der Waals surface area contributed by atoms with Crippen molar-refractivity contribution in [2.75, 3.05) is 13.1 Å². The molecule has 0 N–H and O–H groups in total. The molecule has 0 aliphatic rings. The molecule has 0 fully saturated rings. The Morgan fingerprint density at radius 1 is 1.27 bits per heavy atom. The van der Waals surface area contributed by atoms with Gasteiger partial charge in [-0.2, -0.15) is 0 Å². The van der Waals surface area contributed by atoms with Gasteiger partial charge in [-0.05, 0) is 5.92 Å². The number of hydrogen-bond donors (Lipinski definition) is 0. The quantitative estimate of drug-likeness (QED) is 0.524. The van der Waals surface area contributed by atoms with Crippen LogP contribution in [0, 0.1) is 5.92 Å². The topological polar surface area (TPSA) is 9.23 Å². The Bertz CT molecular complexity index is 96.2. The van der Waals surface area contributed by atoms with Crippen molar-refractivity contribution in [1.82, 2.24) is 0 Å². The largest absolute Gasteiger partial charge is 1.00 e. The Morgan fingerprint density at radius 2 is 1.73 bits per heavy atom. The molecule has 0 aromatic rings. The minimum Gasteiger partial charge on any atom is -0.447 e. The molecule has 0 aliphatic carbocycles. The van der Waals surface area contributed by atoms with E-state index in [-0.39, 0.29) is 63.9 Å². The van der Waals surface area contributed by atoms with E-state index in [9.17, 15) is 12.9 Å². The SMILES string of the molecule is CC(C)COC[B-](F)(F)F.[K+]. The van der Waals surface area contributed by atoms with Crippen LogP contribution in [0.4, 0.5) is 12.9 Å². The van der Waals surface area contributed by atoms with Gasteiger partial charge in [0.05, 0.1) is 0 Å². The molecule has 0 aromatic heterocycles. The normalized spacial score (nSPS) is 11.5. The van der Waals surface area contributed by atoms with Crippen LogP contribution >= 0.6 is 0 Å². The molecular weight excluding hydrogens is 183 g/mol. The third-order valence-corrected chi connectivity index (χ3v) is 0.758. The van der Waals surface area contributed by atoms with Gasteiger partial charge < -0.3 is 17.7 Å². The molecule has 0 aliphatic heterocycles. The minimum atomic E-state index is -4.75. The van der Waals surface area contributed by atoms with Gasteiger partial charge in [0.25, 0.3) is 0 Å². The van der Waals surface area contributed by atoms with Crippen molar-refractivity contribution in [2.24, 2.45) is 5.92 Å². The molecule has 0 radical (unpaired) electrons. The zero-order chi connectivity index (χ0) is 8.20. The summed E-state index contributed by atoms with van der Waals surface area (Å²) in [5, 5.41) is 0. The summed E-state index contributed by atoms with van der Waals surface area (Å²) < 4.78 is 38.7. The van der Waals surface area contributed by atoms with Crippen LogP contribution in [0.15, 0.2) is 0 Å². The van der Waals surface area contributed by atoms with Gasteiger partial charge in [-0.25, -0.2) is 0 Å². The number of halogens is 3. The van der Waals surface area contributed by atoms with Crippen LogP contribution in [0.1, 0.15) is 13.8 Å². The van der Waals surface area contributed by atoms with Gasteiger partial charge in [0.2, 0.25) is 0 Å². The first-order valence-electron chi connectivity index (χ1n) is 3.20. The van der Waals surface area contributed by atoms with E-state index in [1.165, 1.54) is 0 Å². The second-order valence-corrected chi connectivity index (χ2v) is 2.64. The fourth-order valence-corrected chi connectivity index (χ4v) is 0.437. The van der Waals surface area contributed by atoms with Gasteiger partial charge in [-0.1, -0.05) is 13.8 Å². The van der Waals surface area contributed by atoms with E-state index < -0.39 is 13.5 Å². The maximum Gasteiger partial charge on any atom is 1.00 e. The van der Waals surface area contributed by atoms with E-state index in [1.54, 1.807) is 0 Å². The number of hydrogen-bond acceptors (Lipinski definition) is 1. The van der Waals surface area contributed by atoms with Crippen molar-refractivity contribution in [3.8, 4) is 0 Å². The maximum absolute atomic E-state index is 11.4. The molecule has 0 atom stereocenters. The van der Waals surface area contributed by atoms with Crippen molar-refractivity contribution in [3.63, 3.8) is 0 Å². The van der Waals surface area contributed by atoms with E-state index in [0.29, 0.717) is 0 Å². The second kappa shape index (κ2) is 6.91. The Balaban J connectivity index is 0. The van der Waals surface area contributed by atoms with E-state index in [2.05, 4.69) is 4.74 Å². The summed E-state index contributed by atoms with van der Waals surface area (Å²) in [5.41, 5.74) is 0. The predicted molar refractivity (Wildman–Crippen MR) is 34.7 cm³/mol. The van der Waals surface area contributed by atoms with Crippen LogP contribution in [0.3, 0.4) is 0 Å². The van der Waals surface area contributed by atoms with Gasteiger partial charge in [-0.15, -0.1) is 0 Å². The number of ether oxygens (including phenoxy) is 1. The first kappa shape index (κ1) is 14.9. The van der Waals surface area contributed by atoms with Crippen LogP contribution in [-0.2, 0) is 4.74 Å². The van der Waals surface area contributed by atoms with Crippen LogP contribution in [0.25, 0.3) is 0 Å². The summed E-state index contributed by atoms with van der Waals surface area (Å²) in [6, 6.07) is 0. The fourth-order valence-electron chi connectivity index (χ4n) is 0.437. The smallest absolute Gasteiger partial charge is 0.447 e. The molecule has 6 heteroatoms. The minimum absolute atomic E-state index is 0. The standard InChI is InChI=1S/C5H11BF3O.K/c1-5(2)3-10-4-6(7,8)9;/h5H,3-4H2,1-2H3;/q-1;+1. The van der Waals surface area contributed by atoms with Gasteiger partial charge in [0.15, 0.2) is 0 Å². The van der Waals surface area contributed by atoms with Gasteiger partial charge in [0.1, 0.15) is 0 Å².